The lowest BCUT2D eigenvalue weighted by Crippen LogP contribution is -2.48. The number of nitrogens with zero attached hydrogens (tertiary/aromatic N) is 6. The maximum absolute atomic E-state index is 11.9. The summed E-state index contributed by atoms with van der Waals surface area (Å²) in [6, 6.07) is 10.6. The topological polar surface area (TPSA) is 79.2 Å². The number of amides is 2. The maximum Gasteiger partial charge on any atom is 0.317 e. The fourth-order valence-corrected chi connectivity index (χ4v) is 3.68. The molecule has 1 unspecified atom stereocenters. The molecule has 1 aromatic carbocycles. The van der Waals surface area contributed by atoms with E-state index in [2.05, 4.69) is 37.9 Å². The molecule has 3 heterocycles. The Morgan fingerprint density at radius 2 is 2.04 bits per heavy atom. The summed E-state index contributed by atoms with van der Waals surface area (Å²) in [5.74, 6) is 0.871. The number of piperidine rings is 1. The van der Waals surface area contributed by atoms with Gasteiger partial charge in [0.05, 0.1) is 13.1 Å². The van der Waals surface area contributed by atoms with Gasteiger partial charge in [0, 0.05) is 25.7 Å². The predicted octanol–water partition coefficient (Wildman–Crippen LogP) is 0.711. The zero-order valence-corrected chi connectivity index (χ0v) is 14.2. The molecular weight excluding hydrogens is 318 g/mol. The highest BCUT2D eigenvalue weighted by atomic mass is 16.2. The fraction of sp³-hybridized carbons (Fsp3) is 0.529. The summed E-state index contributed by atoms with van der Waals surface area (Å²) in [5, 5.41) is 15.1. The Morgan fingerprint density at radius 1 is 1.16 bits per heavy atom. The Labute approximate surface area is 146 Å². The van der Waals surface area contributed by atoms with Gasteiger partial charge in [-0.3, -0.25) is 4.90 Å². The van der Waals surface area contributed by atoms with E-state index in [-0.39, 0.29) is 12.1 Å². The largest absolute Gasteiger partial charge is 0.336 e. The second-order valence-corrected chi connectivity index (χ2v) is 6.69. The van der Waals surface area contributed by atoms with Gasteiger partial charge >= 0.3 is 6.03 Å². The smallest absolute Gasteiger partial charge is 0.317 e. The molecule has 2 aliphatic heterocycles. The molecule has 8 heteroatoms. The zero-order valence-electron chi connectivity index (χ0n) is 14.2. The quantitative estimate of drug-likeness (QED) is 0.866. The molecule has 1 N–H and O–H groups in total. The molecule has 4 rings (SSSR count). The average Bonchev–Trinajstić information content (AvgIpc) is 3.25. The van der Waals surface area contributed by atoms with Gasteiger partial charge in [-0.2, -0.15) is 0 Å². The summed E-state index contributed by atoms with van der Waals surface area (Å²) >= 11 is 0. The molecule has 1 aromatic heterocycles. The number of likely N-dealkylation sites (tertiary alicyclic amines) is 1. The molecule has 0 bridgehead atoms. The molecule has 0 spiro atoms. The molecule has 132 valence electrons. The second-order valence-electron chi connectivity index (χ2n) is 6.69. The van der Waals surface area contributed by atoms with Gasteiger partial charge in [0.2, 0.25) is 0 Å². The lowest BCUT2D eigenvalue weighted by atomic mass is 10.0. The molecule has 2 fully saturated rings. The van der Waals surface area contributed by atoms with Crippen molar-refractivity contribution in [1.82, 2.24) is 35.3 Å². The first-order chi connectivity index (χ1) is 12.3. The number of urea groups is 1. The Balaban J connectivity index is 1.40. The van der Waals surface area contributed by atoms with E-state index in [0.717, 1.165) is 44.8 Å². The Kier molecular flexibility index (Phi) is 4.60. The van der Waals surface area contributed by atoms with E-state index in [1.807, 2.05) is 27.8 Å². The SMILES string of the molecule is O=C1NCCN1C1CCCN(Cc2nnnn2Cc2ccccc2)C1. The van der Waals surface area contributed by atoms with Crippen LogP contribution in [0, 0.1) is 0 Å². The molecule has 2 saturated heterocycles. The Hall–Kier alpha value is -2.48. The third-order valence-electron chi connectivity index (χ3n) is 4.96. The average molecular weight is 341 g/mol. The number of tetrazole rings is 1. The number of carbonyl (C=O) groups is 1. The van der Waals surface area contributed by atoms with Gasteiger partial charge in [-0.05, 0) is 35.4 Å². The molecule has 0 aliphatic carbocycles. The van der Waals surface area contributed by atoms with Crippen LogP contribution in [-0.2, 0) is 13.1 Å². The van der Waals surface area contributed by atoms with Crippen LogP contribution in [0.25, 0.3) is 0 Å². The van der Waals surface area contributed by atoms with E-state index in [4.69, 9.17) is 0 Å². The summed E-state index contributed by atoms with van der Waals surface area (Å²) in [4.78, 5) is 16.2. The van der Waals surface area contributed by atoms with Crippen LogP contribution in [0.2, 0.25) is 0 Å². The zero-order chi connectivity index (χ0) is 17.1. The third-order valence-corrected chi connectivity index (χ3v) is 4.96. The van der Waals surface area contributed by atoms with Gasteiger partial charge in [0.25, 0.3) is 0 Å². The first kappa shape index (κ1) is 16.0. The van der Waals surface area contributed by atoms with Gasteiger partial charge in [-0.25, -0.2) is 9.48 Å². The Morgan fingerprint density at radius 3 is 2.84 bits per heavy atom. The monoisotopic (exact) mass is 341 g/mol. The number of hydrogen-bond acceptors (Lipinski definition) is 5. The van der Waals surface area contributed by atoms with Gasteiger partial charge in [-0.1, -0.05) is 30.3 Å². The fourth-order valence-electron chi connectivity index (χ4n) is 3.68. The number of nitrogens with one attached hydrogen (secondary N) is 1. The van der Waals surface area contributed by atoms with Crippen molar-refractivity contribution >= 4 is 6.03 Å². The lowest BCUT2D eigenvalue weighted by Gasteiger charge is -2.36. The van der Waals surface area contributed by atoms with E-state index in [0.29, 0.717) is 13.1 Å². The van der Waals surface area contributed by atoms with E-state index in [9.17, 15) is 4.79 Å². The first-order valence-electron chi connectivity index (χ1n) is 8.85. The van der Waals surface area contributed by atoms with E-state index >= 15 is 0 Å². The summed E-state index contributed by atoms with van der Waals surface area (Å²) < 4.78 is 1.86. The number of hydrogen-bond donors (Lipinski definition) is 1. The van der Waals surface area contributed by atoms with Gasteiger partial charge < -0.3 is 10.2 Å². The van der Waals surface area contributed by atoms with Crippen LogP contribution < -0.4 is 5.32 Å². The van der Waals surface area contributed by atoms with Crippen LogP contribution >= 0.6 is 0 Å². The summed E-state index contributed by atoms with van der Waals surface area (Å²) in [6.45, 7) is 4.85. The third kappa shape index (κ3) is 3.63. The second kappa shape index (κ2) is 7.18. The standard InChI is InChI=1S/C17H23N7O/c25-17-18-8-10-23(17)15-7-4-9-22(12-15)13-16-19-20-21-24(16)11-14-5-2-1-3-6-14/h1-3,5-6,15H,4,7-13H2,(H,18,25). The van der Waals surface area contributed by atoms with E-state index in [1.54, 1.807) is 0 Å². The van der Waals surface area contributed by atoms with Crippen molar-refractivity contribution in [3.8, 4) is 0 Å². The number of aromatic nitrogens is 4. The molecule has 0 radical (unpaired) electrons. The van der Waals surface area contributed by atoms with Crippen molar-refractivity contribution in [2.75, 3.05) is 26.2 Å². The molecule has 0 saturated carbocycles. The highest BCUT2D eigenvalue weighted by molar-refractivity contribution is 5.76. The first-order valence-corrected chi connectivity index (χ1v) is 8.85. The van der Waals surface area contributed by atoms with Crippen LogP contribution in [-0.4, -0.2) is 68.3 Å². The van der Waals surface area contributed by atoms with Crippen LogP contribution in [0.3, 0.4) is 0 Å². The molecule has 25 heavy (non-hydrogen) atoms. The number of carbonyl (C=O) groups excluding carboxylic acids is 1. The van der Waals surface area contributed by atoms with Crippen molar-refractivity contribution in [1.29, 1.82) is 0 Å². The summed E-state index contributed by atoms with van der Waals surface area (Å²) in [7, 11) is 0. The number of rotatable bonds is 5. The molecule has 2 amide bonds. The van der Waals surface area contributed by atoms with Crippen molar-refractivity contribution in [2.24, 2.45) is 0 Å². The number of benzene rings is 1. The van der Waals surface area contributed by atoms with E-state index in [1.165, 1.54) is 5.56 Å². The van der Waals surface area contributed by atoms with E-state index < -0.39 is 0 Å². The van der Waals surface area contributed by atoms with Gasteiger partial charge in [-0.15, -0.1) is 5.10 Å². The summed E-state index contributed by atoms with van der Waals surface area (Å²) in [6.07, 6.45) is 2.16. The van der Waals surface area contributed by atoms with Crippen LogP contribution in [0.4, 0.5) is 4.79 Å². The van der Waals surface area contributed by atoms with Crippen molar-refractivity contribution in [3.05, 3.63) is 41.7 Å². The maximum atomic E-state index is 11.9. The Bertz CT molecular complexity index is 717. The minimum absolute atomic E-state index is 0.0701. The van der Waals surface area contributed by atoms with Crippen molar-refractivity contribution < 1.29 is 4.79 Å². The highest BCUT2D eigenvalue weighted by Gasteiger charge is 2.31. The minimum Gasteiger partial charge on any atom is -0.336 e. The molecule has 1 atom stereocenters. The normalized spacial score (nSPS) is 21.5. The van der Waals surface area contributed by atoms with Crippen LogP contribution in [0.5, 0.6) is 0 Å². The minimum atomic E-state index is 0.0701. The van der Waals surface area contributed by atoms with Crippen molar-refractivity contribution in [2.45, 2.75) is 32.0 Å². The van der Waals surface area contributed by atoms with Gasteiger partial charge in [0.1, 0.15) is 0 Å². The highest BCUT2D eigenvalue weighted by Crippen LogP contribution is 2.19. The molecule has 2 aromatic rings. The predicted molar refractivity (Wildman–Crippen MR) is 91.8 cm³/mol. The summed E-state index contributed by atoms with van der Waals surface area (Å²) in [5.41, 5.74) is 1.18. The van der Waals surface area contributed by atoms with Crippen LogP contribution in [0.15, 0.2) is 30.3 Å². The van der Waals surface area contributed by atoms with Crippen LogP contribution in [0.1, 0.15) is 24.2 Å². The van der Waals surface area contributed by atoms with Crippen molar-refractivity contribution in [3.63, 3.8) is 0 Å². The lowest BCUT2D eigenvalue weighted by molar-refractivity contribution is 0.119. The molecular formula is C17H23N7O. The molecule has 8 nitrogen and oxygen atoms in total. The molecule has 2 aliphatic rings. The van der Waals surface area contributed by atoms with Gasteiger partial charge in [0.15, 0.2) is 5.82 Å².